The maximum Gasteiger partial charge on any atom is 0.508 e. The molecule has 0 bridgehead atoms. The van der Waals surface area contributed by atoms with Crippen LogP contribution in [0.2, 0.25) is 0 Å². The monoisotopic (exact) mass is 202 g/mol. The van der Waals surface area contributed by atoms with Gasteiger partial charge in [-0.05, 0) is 26.2 Å². The molecule has 3 nitrogen and oxygen atoms in total. The van der Waals surface area contributed by atoms with Crippen molar-refractivity contribution >= 4 is 6.16 Å². The van der Waals surface area contributed by atoms with Gasteiger partial charge in [-0.25, -0.2) is 4.79 Å². The van der Waals surface area contributed by atoms with Crippen LogP contribution in [0.1, 0.15) is 52.9 Å². The average Bonchev–Trinajstić information content (AvgIpc) is 2.17. The van der Waals surface area contributed by atoms with Crippen molar-refractivity contribution < 1.29 is 14.3 Å². The Morgan fingerprint density at radius 3 is 2.43 bits per heavy atom. The first-order valence-electron chi connectivity index (χ1n) is 5.57. The Labute approximate surface area is 86.8 Å². The van der Waals surface area contributed by atoms with E-state index in [4.69, 9.17) is 9.47 Å². The summed E-state index contributed by atoms with van der Waals surface area (Å²) in [6, 6.07) is 0. The Bertz CT molecular complexity index is 145. The molecule has 0 saturated heterocycles. The Morgan fingerprint density at radius 2 is 1.93 bits per heavy atom. The summed E-state index contributed by atoms with van der Waals surface area (Å²) in [5.41, 5.74) is 0. The second-order valence-electron chi connectivity index (χ2n) is 3.33. The number of unbranched alkanes of at least 4 members (excludes halogenated alkanes) is 2. The van der Waals surface area contributed by atoms with Crippen LogP contribution in [0.5, 0.6) is 0 Å². The third-order valence-corrected chi connectivity index (χ3v) is 2.11. The molecule has 0 aromatic rings. The van der Waals surface area contributed by atoms with Crippen molar-refractivity contribution in [1.82, 2.24) is 0 Å². The van der Waals surface area contributed by atoms with Crippen LogP contribution in [-0.2, 0) is 9.47 Å². The van der Waals surface area contributed by atoms with Gasteiger partial charge in [0.05, 0.1) is 6.61 Å². The zero-order chi connectivity index (χ0) is 10.8. The van der Waals surface area contributed by atoms with Crippen LogP contribution in [0.25, 0.3) is 0 Å². The molecule has 0 aliphatic rings. The lowest BCUT2D eigenvalue weighted by molar-refractivity contribution is 0.0214. The quantitative estimate of drug-likeness (QED) is 0.468. The Morgan fingerprint density at radius 1 is 1.21 bits per heavy atom. The Kier molecular flexibility index (Phi) is 8.39. The molecule has 3 heteroatoms. The van der Waals surface area contributed by atoms with Crippen molar-refractivity contribution in [3.8, 4) is 0 Å². The zero-order valence-electron chi connectivity index (χ0n) is 9.54. The summed E-state index contributed by atoms with van der Waals surface area (Å²) in [7, 11) is 0. The van der Waals surface area contributed by atoms with Crippen LogP contribution in [0, 0.1) is 0 Å². The van der Waals surface area contributed by atoms with Gasteiger partial charge in [0.25, 0.3) is 0 Å². The first-order valence-corrected chi connectivity index (χ1v) is 5.57. The van der Waals surface area contributed by atoms with Crippen LogP contribution in [0.15, 0.2) is 0 Å². The second kappa shape index (κ2) is 8.85. The van der Waals surface area contributed by atoms with E-state index in [9.17, 15) is 4.79 Å². The van der Waals surface area contributed by atoms with Gasteiger partial charge in [0.1, 0.15) is 6.10 Å². The summed E-state index contributed by atoms with van der Waals surface area (Å²) in [6.07, 6.45) is 4.81. The predicted octanol–water partition coefficient (Wildman–Crippen LogP) is 3.52. The number of hydrogen-bond donors (Lipinski definition) is 0. The summed E-state index contributed by atoms with van der Waals surface area (Å²) in [6.45, 7) is 6.34. The van der Waals surface area contributed by atoms with Gasteiger partial charge in [-0.15, -0.1) is 0 Å². The van der Waals surface area contributed by atoms with Gasteiger partial charge in [0.15, 0.2) is 0 Å². The minimum Gasteiger partial charge on any atom is -0.435 e. The third kappa shape index (κ3) is 6.75. The average molecular weight is 202 g/mol. The van der Waals surface area contributed by atoms with Gasteiger partial charge in [0, 0.05) is 0 Å². The summed E-state index contributed by atoms with van der Waals surface area (Å²) in [5.74, 6) is 0. The number of carbonyl (C=O) groups excluding carboxylic acids is 1. The van der Waals surface area contributed by atoms with Gasteiger partial charge in [-0.3, -0.25) is 0 Å². The highest BCUT2D eigenvalue weighted by Gasteiger charge is 2.12. The highest BCUT2D eigenvalue weighted by atomic mass is 16.7. The molecule has 0 radical (unpaired) electrons. The number of ether oxygens (including phenoxy) is 2. The molecule has 84 valence electrons. The zero-order valence-corrected chi connectivity index (χ0v) is 9.54. The molecule has 0 aliphatic carbocycles. The molecule has 1 unspecified atom stereocenters. The molecule has 1 atom stereocenters. The summed E-state index contributed by atoms with van der Waals surface area (Å²) in [4.78, 5) is 11.0. The van der Waals surface area contributed by atoms with Crippen LogP contribution in [0.3, 0.4) is 0 Å². The lowest BCUT2D eigenvalue weighted by atomic mass is 10.1. The standard InChI is InChI=1S/C11H22O3/c1-4-7-8-9-10(5-2)14-11(12)13-6-3/h10H,4-9H2,1-3H3. The fourth-order valence-corrected chi connectivity index (χ4v) is 1.26. The van der Waals surface area contributed by atoms with E-state index < -0.39 is 6.16 Å². The predicted molar refractivity (Wildman–Crippen MR) is 56.3 cm³/mol. The third-order valence-electron chi connectivity index (χ3n) is 2.11. The molecule has 0 amide bonds. The molecule has 0 fully saturated rings. The normalized spacial score (nSPS) is 12.2. The van der Waals surface area contributed by atoms with E-state index in [2.05, 4.69) is 6.92 Å². The van der Waals surface area contributed by atoms with Crippen molar-refractivity contribution in [2.45, 2.75) is 59.0 Å². The number of hydrogen-bond acceptors (Lipinski definition) is 3. The van der Waals surface area contributed by atoms with E-state index in [1.165, 1.54) is 12.8 Å². The van der Waals surface area contributed by atoms with E-state index in [0.717, 1.165) is 19.3 Å². The highest BCUT2D eigenvalue weighted by molar-refractivity contribution is 5.60. The van der Waals surface area contributed by atoms with Gasteiger partial charge < -0.3 is 9.47 Å². The van der Waals surface area contributed by atoms with Crippen molar-refractivity contribution in [1.29, 1.82) is 0 Å². The molecule has 0 N–H and O–H groups in total. The summed E-state index contributed by atoms with van der Waals surface area (Å²) in [5, 5.41) is 0. The molecular weight excluding hydrogens is 180 g/mol. The number of rotatable bonds is 7. The van der Waals surface area contributed by atoms with E-state index in [-0.39, 0.29) is 6.10 Å². The largest absolute Gasteiger partial charge is 0.508 e. The Hall–Kier alpha value is -0.730. The molecule has 0 aromatic carbocycles. The van der Waals surface area contributed by atoms with E-state index in [1.54, 1.807) is 6.92 Å². The van der Waals surface area contributed by atoms with Gasteiger partial charge >= 0.3 is 6.16 Å². The lowest BCUT2D eigenvalue weighted by Crippen LogP contribution is -2.18. The SMILES string of the molecule is CCCCCC(CC)OC(=O)OCC. The molecular formula is C11H22O3. The molecule has 0 heterocycles. The van der Waals surface area contributed by atoms with Crippen molar-refractivity contribution in [3.05, 3.63) is 0 Å². The van der Waals surface area contributed by atoms with E-state index in [1.807, 2.05) is 6.92 Å². The first kappa shape index (κ1) is 13.3. The molecule has 0 aliphatic heterocycles. The minimum atomic E-state index is -0.532. The van der Waals surface area contributed by atoms with Crippen LogP contribution >= 0.6 is 0 Å². The van der Waals surface area contributed by atoms with E-state index >= 15 is 0 Å². The first-order chi connectivity index (χ1) is 6.74. The Balaban J connectivity index is 3.61. The fraction of sp³-hybridized carbons (Fsp3) is 0.909. The van der Waals surface area contributed by atoms with Gasteiger partial charge in [-0.2, -0.15) is 0 Å². The highest BCUT2D eigenvalue weighted by Crippen LogP contribution is 2.10. The smallest absolute Gasteiger partial charge is 0.435 e. The van der Waals surface area contributed by atoms with Crippen LogP contribution < -0.4 is 0 Å². The van der Waals surface area contributed by atoms with Gasteiger partial charge in [0.2, 0.25) is 0 Å². The lowest BCUT2D eigenvalue weighted by Gasteiger charge is -2.15. The number of carbonyl (C=O) groups is 1. The minimum absolute atomic E-state index is 0.0283. The second-order valence-corrected chi connectivity index (χ2v) is 3.33. The molecule has 0 aromatic heterocycles. The molecule has 0 saturated carbocycles. The topological polar surface area (TPSA) is 35.5 Å². The van der Waals surface area contributed by atoms with E-state index in [0.29, 0.717) is 6.61 Å². The van der Waals surface area contributed by atoms with Crippen molar-refractivity contribution in [2.24, 2.45) is 0 Å². The summed E-state index contributed by atoms with van der Waals surface area (Å²) < 4.78 is 9.84. The van der Waals surface area contributed by atoms with Crippen molar-refractivity contribution in [3.63, 3.8) is 0 Å². The molecule has 0 spiro atoms. The van der Waals surface area contributed by atoms with Crippen LogP contribution in [0.4, 0.5) is 4.79 Å². The van der Waals surface area contributed by atoms with Gasteiger partial charge in [-0.1, -0.05) is 26.7 Å². The fourth-order valence-electron chi connectivity index (χ4n) is 1.26. The summed E-state index contributed by atoms with van der Waals surface area (Å²) >= 11 is 0. The molecule has 14 heavy (non-hydrogen) atoms. The molecule has 0 rings (SSSR count). The van der Waals surface area contributed by atoms with Crippen LogP contribution in [-0.4, -0.2) is 18.9 Å². The maximum atomic E-state index is 11.0. The van der Waals surface area contributed by atoms with Crippen molar-refractivity contribution in [2.75, 3.05) is 6.61 Å². The maximum absolute atomic E-state index is 11.0.